The molecule has 5 nitrogen and oxygen atoms in total. The maximum Gasteiger partial charge on any atom is 0.307 e. The molecule has 0 bridgehead atoms. The van der Waals surface area contributed by atoms with Crippen molar-refractivity contribution in [1.82, 2.24) is 4.98 Å². The first kappa shape index (κ1) is 13.3. The largest absolute Gasteiger partial charge is 0.469 e. The summed E-state index contributed by atoms with van der Waals surface area (Å²) in [6, 6.07) is 4.08. The number of pyridine rings is 1. The maximum absolute atomic E-state index is 11.0. The van der Waals surface area contributed by atoms with Gasteiger partial charge < -0.3 is 10.1 Å². The lowest BCUT2D eigenvalue weighted by molar-refractivity contribution is -0.140. The highest BCUT2D eigenvalue weighted by Crippen LogP contribution is 2.24. The lowest BCUT2D eigenvalue weighted by atomic mass is 9.95. The van der Waals surface area contributed by atoms with Crippen molar-refractivity contribution in [2.75, 3.05) is 19.0 Å². The third kappa shape index (κ3) is 3.22. The topological polar surface area (TPSA) is 75.0 Å². The Morgan fingerprint density at radius 2 is 2.32 bits per heavy atom. The quantitative estimate of drug-likeness (QED) is 0.834. The van der Waals surface area contributed by atoms with Crippen LogP contribution in [0.5, 0.6) is 0 Å². The van der Waals surface area contributed by atoms with E-state index in [0.29, 0.717) is 17.9 Å². The van der Waals surface area contributed by atoms with Crippen molar-refractivity contribution in [3.63, 3.8) is 0 Å². The van der Waals surface area contributed by atoms with Crippen LogP contribution in [0.25, 0.3) is 0 Å². The molecular weight excluding hydrogens is 242 g/mol. The summed E-state index contributed by atoms with van der Waals surface area (Å²) in [4.78, 5) is 15.6. The number of hydrogen-bond acceptors (Lipinski definition) is 5. The Hall–Kier alpha value is -2.09. The number of anilines is 1. The summed E-state index contributed by atoms with van der Waals surface area (Å²) in [5.41, 5.74) is 2.80. The minimum absolute atomic E-state index is 0.264. The molecular formula is C14H17N3O2. The van der Waals surface area contributed by atoms with Gasteiger partial charge >= 0.3 is 5.97 Å². The second kappa shape index (κ2) is 6.19. The van der Waals surface area contributed by atoms with E-state index in [4.69, 9.17) is 5.26 Å². The van der Waals surface area contributed by atoms with Gasteiger partial charge in [-0.3, -0.25) is 4.79 Å². The smallest absolute Gasteiger partial charge is 0.307 e. The average molecular weight is 259 g/mol. The van der Waals surface area contributed by atoms with Gasteiger partial charge in [-0.15, -0.1) is 0 Å². The third-order valence-corrected chi connectivity index (χ3v) is 3.27. The van der Waals surface area contributed by atoms with E-state index in [1.807, 2.05) is 6.07 Å². The Morgan fingerprint density at radius 1 is 1.53 bits per heavy atom. The van der Waals surface area contributed by atoms with Crippen molar-refractivity contribution in [2.45, 2.75) is 32.1 Å². The minimum atomic E-state index is -0.274. The summed E-state index contributed by atoms with van der Waals surface area (Å²) in [7, 11) is 1.36. The predicted octanol–water partition coefficient (Wildman–Crippen LogP) is 1.81. The number of aromatic nitrogens is 1. The fraction of sp³-hybridized carbons (Fsp3) is 0.500. The van der Waals surface area contributed by atoms with Crippen molar-refractivity contribution in [3.05, 3.63) is 22.9 Å². The van der Waals surface area contributed by atoms with Gasteiger partial charge in [-0.05, 0) is 37.3 Å². The van der Waals surface area contributed by atoms with Gasteiger partial charge in [0.2, 0.25) is 0 Å². The first-order chi connectivity index (χ1) is 9.24. The molecule has 0 radical (unpaired) electrons. The zero-order valence-corrected chi connectivity index (χ0v) is 11.0. The molecule has 0 aliphatic heterocycles. The van der Waals surface area contributed by atoms with Crippen LogP contribution < -0.4 is 5.32 Å². The van der Waals surface area contributed by atoms with Gasteiger partial charge in [-0.2, -0.15) is 5.26 Å². The molecule has 1 N–H and O–H groups in total. The molecule has 0 aromatic carbocycles. The number of carbonyl (C=O) groups excluding carboxylic acids is 1. The number of nitrogens with one attached hydrogen (secondary N) is 1. The monoisotopic (exact) mass is 259 g/mol. The lowest BCUT2D eigenvalue weighted by Gasteiger charge is -2.17. The second-order valence-electron chi connectivity index (χ2n) is 4.56. The van der Waals surface area contributed by atoms with Crippen LogP contribution in [-0.2, 0) is 22.4 Å². The number of esters is 1. The Bertz CT molecular complexity index is 520. The number of rotatable bonds is 4. The number of ether oxygens (including phenoxy) is 1. The number of hydrogen-bond donors (Lipinski definition) is 1. The van der Waals surface area contributed by atoms with Crippen LogP contribution in [0.1, 0.15) is 36.1 Å². The van der Waals surface area contributed by atoms with Crippen LogP contribution in [0.2, 0.25) is 0 Å². The molecule has 1 aromatic rings. The van der Waals surface area contributed by atoms with Gasteiger partial charge in [-0.1, -0.05) is 0 Å². The van der Waals surface area contributed by atoms with E-state index in [0.717, 1.165) is 31.4 Å². The third-order valence-electron chi connectivity index (χ3n) is 3.27. The van der Waals surface area contributed by atoms with Gasteiger partial charge in [0.05, 0.1) is 19.1 Å². The SMILES string of the molecule is COC(=O)CCNc1nc2c(cc1C#N)CCCC2. The number of methoxy groups -OCH3 is 1. The molecule has 0 saturated heterocycles. The predicted molar refractivity (Wildman–Crippen MR) is 70.7 cm³/mol. The summed E-state index contributed by atoms with van der Waals surface area (Å²) in [6.45, 7) is 0.424. The van der Waals surface area contributed by atoms with Gasteiger partial charge in [0.1, 0.15) is 11.9 Å². The molecule has 100 valence electrons. The van der Waals surface area contributed by atoms with Crippen molar-refractivity contribution in [3.8, 4) is 6.07 Å². The first-order valence-corrected chi connectivity index (χ1v) is 6.48. The molecule has 1 heterocycles. The van der Waals surface area contributed by atoms with Crippen LogP contribution in [0.4, 0.5) is 5.82 Å². The van der Waals surface area contributed by atoms with Crippen molar-refractivity contribution < 1.29 is 9.53 Å². The maximum atomic E-state index is 11.0. The summed E-state index contributed by atoms with van der Waals surface area (Å²) >= 11 is 0. The standard InChI is InChI=1S/C14H17N3O2/c1-19-13(18)6-7-16-14-11(9-15)8-10-4-2-3-5-12(10)17-14/h8H,2-7H2,1H3,(H,16,17). The lowest BCUT2D eigenvalue weighted by Crippen LogP contribution is -2.14. The molecule has 0 unspecified atom stereocenters. The van der Waals surface area contributed by atoms with Crippen molar-refractivity contribution in [1.29, 1.82) is 5.26 Å². The highest BCUT2D eigenvalue weighted by molar-refractivity contribution is 5.70. The minimum Gasteiger partial charge on any atom is -0.469 e. The molecule has 1 aliphatic carbocycles. The number of fused-ring (bicyclic) bond motifs is 1. The molecule has 0 saturated carbocycles. The number of aryl methyl sites for hydroxylation is 2. The van der Waals surface area contributed by atoms with Gasteiger partial charge in [0, 0.05) is 12.2 Å². The Balaban J connectivity index is 2.11. The molecule has 0 atom stereocenters. The van der Waals surface area contributed by atoms with Crippen LogP contribution >= 0.6 is 0 Å². The summed E-state index contributed by atoms with van der Waals surface area (Å²) in [5.74, 6) is 0.302. The molecule has 0 amide bonds. The van der Waals surface area contributed by atoms with Gasteiger partial charge in [-0.25, -0.2) is 4.98 Å². The number of carbonyl (C=O) groups is 1. The number of nitriles is 1. The Kier molecular flexibility index (Phi) is 4.35. The average Bonchev–Trinajstić information content (AvgIpc) is 2.46. The van der Waals surface area contributed by atoms with Crippen LogP contribution in [-0.4, -0.2) is 24.6 Å². The van der Waals surface area contributed by atoms with Gasteiger partial charge in [0.25, 0.3) is 0 Å². The molecule has 0 spiro atoms. The zero-order valence-electron chi connectivity index (χ0n) is 11.0. The summed E-state index contributed by atoms with van der Waals surface area (Å²) in [6.07, 6.45) is 4.54. The summed E-state index contributed by atoms with van der Waals surface area (Å²) in [5, 5.41) is 12.2. The Labute approximate surface area is 112 Å². The van der Waals surface area contributed by atoms with E-state index < -0.39 is 0 Å². The van der Waals surface area contributed by atoms with E-state index in [1.54, 1.807) is 0 Å². The van der Waals surface area contributed by atoms with Gasteiger partial charge in [0.15, 0.2) is 0 Å². The van der Waals surface area contributed by atoms with E-state index in [9.17, 15) is 4.79 Å². The van der Waals surface area contributed by atoms with Crippen molar-refractivity contribution in [2.24, 2.45) is 0 Å². The fourth-order valence-corrected chi connectivity index (χ4v) is 2.24. The second-order valence-corrected chi connectivity index (χ2v) is 4.56. The normalized spacial score (nSPS) is 13.3. The highest BCUT2D eigenvalue weighted by atomic mass is 16.5. The molecule has 5 heteroatoms. The van der Waals surface area contributed by atoms with Crippen LogP contribution in [0.15, 0.2) is 6.07 Å². The highest BCUT2D eigenvalue weighted by Gasteiger charge is 2.15. The molecule has 0 fully saturated rings. The van der Waals surface area contributed by atoms with E-state index in [-0.39, 0.29) is 12.4 Å². The van der Waals surface area contributed by atoms with E-state index >= 15 is 0 Å². The van der Waals surface area contributed by atoms with E-state index in [2.05, 4.69) is 21.1 Å². The molecule has 1 aliphatic rings. The zero-order chi connectivity index (χ0) is 13.7. The summed E-state index contributed by atoms with van der Waals surface area (Å²) < 4.78 is 4.57. The van der Waals surface area contributed by atoms with Crippen molar-refractivity contribution >= 4 is 11.8 Å². The van der Waals surface area contributed by atoms with Crippen LogP contribution in [0, 0.1) is 11.3 Å². The molecule has 2 rings (SSSR count). The number of nitrogens with zero attached hydrogens (tertiary/aromatic N) is 2. The van der Waals surface area contributed by atoms with Crippen LogP contribution in [0.3, 0.4) is 0 Å². The van der Waals surface area contributed by atoms with E-state index in [1.165, 1.54) is 12.7 Å². The Morgan fingerprint density at radius 3 is 3.05 bits per heavy atom. The fourth-order valence-electron chi connectivity index (χ4n) is 2.24. The first-order valence-electron chi connectivity index (χ1n) is 6.48. The molecule has 1 aromatic heterocycles. The molecule has 19 heavy (non-hydrogen) atoms.